The smallest absolute Gasteiger partial charge is 0.256 e. The Balaban J connectivity index is 1.93. The number of aromatic nitrogens is 1. The number of nitrogens with zero attached hydrogens (tertiary/aromatic N) is 2. The minimum atomic E-state index is -4.12. The van der Waals surface area contributed by atoms with Crippen molar-refractivity contribution in [1.82, 2.24) is 9.88 Å². The van der Waals surface area contributed by atoms with E-state index in [-0.39, 0.29) is 26.7 Å². The zero-order chi connectivity index (χ0) is 22.2. The number of carbonyl (C=O) groups excluding carboxylic acids is 1. The van der Waals surface area contributed by atoms with Crippen molar-refractivity contribution in [2.24, 2.45) is 0 Å². The van der Waals surface area contributed by atoms with E-state index in [1.807, 2.05) is 13.8 Å². The fourth-order valence-electron chi connectivity index (χ4n) is 3.67. The van der Waals surface area contributed by atoms with E-state index in [0.717, 1.165) is 11.6 Å². The molecule has 0 unspecified atom stereocenters. The first kappa shape index (κ1) is 21.4. The van der Waals surface area contributed by atoms with E-state index in [1.54, 1.807) is 12.1 Å². The molecule has 0 spiro atoms. The van der Waals surface area contributed by atoms with Crippen LogP contribution in [0.25, 0.3) is 10.9 Å². The highest BCUT2D eigenvalue weighted by Gasteiger charge is 2.31. The molecule has 8 heteroatoms. The third-order valence-electron chi connectivity index (χ3n) is 5.44. The molecule has 2 aromatic carbocycles. The normalized spacial score (nSPS) is 14.9. The molecule has 4 rings (SSSR count). The minimum Gasteiger partial charge on any atom is -0.378 e. The van der Waals surface area contributed by atoms with Crippen LogP contribution in [0.4, 0.5) is 4.39 Å². The Morgan fingerprint density at radius 3 is 2.42 bits per heavy atom. The van der Waals surface area contributed by atoms with Crippen molar-refractivity contribution in [3.8, 4) is 0 Å². The number of benzene rings is 2. The Kier molecular flexibility index (Phi) is 5.77. The van der Waals surface area contributed by atoms with Crippen LogP contribution in [-0.4, -0.2) is 50.5 Å². The first-order valence-electron chi connectivity index (χ1n) is 10.1. The van der Waals surface area contributed by atoms with Gasteiger partial charge in [-0.25, -0.2) is 12.8 Å². The standard InChI is InChI=1S/C23H23FN2O4S/c1-15(2)16-3-6-18(7-4-16)31(28,29)22-19-13-17(24)5-8-21(19)25-14-20(22)23(27)26-9-11-30-12-10-26/h3-8,13-15H,9-12H2,1-2H3. The average Bonchev–Trinajstić information content (AvgIpc) is 2.78. The molecule has 0 radical (unpaired) electrons. The van der Waals surface area contributed by atoms with Crippen LogP contribution in [0, 0.1) is 5.82 Å². The first-order valence-corrected chi connectivity index (χ1v) is 11.6. The monoisotopic (exact) mass is 442 g/mol. The molecule has 0 N–H and O–H groups in total. The van der Waals surface area contributed by atoms with E-state index in [4.69, 9.17) is 4.74 Å². The van der Waals surface area contributed by atoms with E-state index >= 15 is 0 Å². The van der Waals surface area contributed by atoms with Crippen LogP contribution in [-0.2, 0) is 14.6 Å². The van der Waals surface area contributed by atoms with E-state index < -0.39 is 21.6 Å². The zero-order valence-corrected chi connectivity index (χ0v) is 18.2. The molecule has 0 aliphatic carbocycles. The van der Waals surface area contributed by atoms with Gasteiger partial charge in [-0.2, -0.15) is 0 Å². The molecule has 0 saturated carbocycles. The van der Waals surface area contributed by atoms with Crippen LogP contribution in [0.15, 0.2) is 58.5 Å². The molecule has 1 aliphatic rings. The number of halogens is 1. The fraction of sp³-hybridized carbons (Fsp3) is 0.304. The Morgan fingerprint density at radius 2 is 1.77 bits per heavy atom. The number of hydrogen-bond donors (Lipinski definition) is 0. The molecule has 162 valence electrons. The van der Waals surface area contributed by atoms with E-state index in [1.165, 1.54) is 35.4 Å². The molecular formula is C23H23FN2O4S. The lowest BCUT2D eigenvalue weighted by Crippen LogP contribution is -2.41. The molecule has 2 heterocycles. The molecular weight excluding hydrogens is 419 g/mol. The van der Waals surface area contributed by atoms with Gasteiger partial charge in [-0.05, 0) is 41.8 Å². The molecule has 0 atom stereocenters. The van der Waals surface area contributed by atoms with Crippen LogP contribution in [0.5, 0.6) is 0 Å². The largest absolute Gasteiger partial charge is 0.378 e. The van der Waals surface area contributed by atoms with Gasteiger partial charge in [0, 0.05) is 24.7 Å². The summed E-state index contributed by atoms with van der Waals surface area (Å²) in [5, 5.41) is 0.0899. The van der Waals surface area contributed by atoms with Crippen LogP contribution < -0.4 is 0 Å². The SMILES string of the molecule is CC(C)c1ccc(S(=O)(=O)c2c(C(=O)N3CCOCC3)cnc3ccc(F)cc23)cc1. The summed E-state index contributed by atoms with van der Waals surface area (Å²) < 4.78 is 46.8. The second kappa shape index (κ2) is 8.36. The van der Waals surface area contributed by atoms with E-state index in [0.29, 0.717) is 31.8 Å². The third-order valence-corrected chi connectivity index (χ3v) is 7.31. The molecule has 1 amide bonds. The quantitative estimate of drug-likeness (QED) is 0.614. The van der Waals surface area contributed by atoms with Crippen molar-refractivity contribution < 1.29 is 22.3 Å². The van der Waals surface area contributed by atoms with Gasteiger partial charge >= 0.3 is 0 Å². The van der Waals surface area contributed by atoms with Crippen molar-refractivity contribution in [3.05, 3.63) is 65.6 Å². The van der Waals surface area contributed by atoms with Gasteiger partial charge in [-0.15, -0.1) is 0 Å². The number of hydrogen-bond acceptors (Lipinski definition) is 5. The van der Waals surface area contributed by atoms with Crippen molar-refractivity contribution in [3.63, 3.8) is 0 Å². The van der Waals surface area contributed by atoms with Crippen LogP contribution in [0.3, 0.4) is 0 Å². The summed E-state index contributed by atoms with van der Waals surface area (Å²) in [5.74, 6) is -0.817. The Bertz CT molecular complexity index is 1230. The minimum absolute atomic E-state index is 0.0460. The van der Waals surface area contributed by atoms with Gasteiger partial charge in [-0.1, -0.05) is 26.0 Å². The maximum atomic E-state index is 14.1. The molecule has 6 nitrogen and oxygen atoms in total. The number of ether oxygens (including phenoxy) is 1. The van der Waals surface area contributed by atoms with Crippen molar-refractivity contribution in [2.45, 2.75) is 29.6 Å². The molecule has 0 bridgehead atoms. The highest BCUT2D eigenvalue weighted by atomic mass is 32.2. The van der Waals surface area contributed by atoms with Gasteiger partial charge < -0.3 is 9.64 Å². The highest BCUT2D eigenvalue weighted by molar-refractivity contribution is 7.91. The topological polar surface area (TPSA) is 76.6 Å². The zero-order valence-electron chi connectivity index (χ0n) is 17.3. The summed E-state index contributed by atoms with van der Waals surface area (Å²) >= 11 is 0. The number of amides is 1. The molecule has 1 saturated heterocycles. The van der Waals surface area contributed by atoms with Gasteiger partial charge in [-0.3, -0.25) is 9.78 Å². The van der Waals surface area contributed by atoms with E-state index in [2.05, 4.69) is 4.98 Å². The summed E-state index contributed by atoms with van der Waals surface area (Å²) in [7, 11) is -4.12. The van der Waals surface area contributed by atoms with Gasteiger partial charge in [0.15, 0.2) is 0 Å². The third kappa shape index (κ3) is 4.05. The predicted molar refractivity (Wildman–Crippen MR) is 114 cm³/mol. The lowest BCUT2D eigenvalue weighted by molar-refractivity contribution is 0.0300. The second-order valence-corrected chi connectivity index (χ2v) is 9.68. The molecule has 1 fully saturated rings. The summed E-state index contributed by atoms with van der Waals surface area (Å²) in [6.07, 6.45) is 1.27. The molecule has 3 aromatic rings. The van der Waals surface area contributed by atoms with E-state index in [9.17, 15) is 17.6 Å². The first-order chi connectivity index (χ1) is 14.8. The second-order valence-electron chi connectivity index (χ2n) is 7.79. The molecule has 1 aliphatic heterocycles. The Morgan fingerprint density at radius 1 is 1.10 bits per heavy atom. The summed E-state index contributed by atoms with van der Waals surface area (Å²) in [6.45, 7) is 5.48. The maximum absolute atomic E-state index is 14.1. The summed E-state index contributed by atoms with van der Waals surface area (Å²) in [5.41, 5.74) is 1.24. The summed E-state index contributed by atoms with van der Waals surface area (Å²) in [4.78, 5) is 18.8. The van der Waals surface area contributed by atoms with Crippen LogP contribution >= 0.6 is 0 Å². The van der Waals surface area contributed by atoms with Crippen molar-refractivity contribution in [1.29, 1.82) is 0 Å². The maximum Gasteiger partial charge on any atom is 0.256 e. The Labute approximate surface area is 180 Å². The molecule has 1 aromatic heterocycles. The number of rotatable bonds is 4. The number of morpholine rings is 1. The number of sulfone groups is 1. The van der Waals surface area contributed by atoms with Crippen molar-refractivity contribution >= 4 is 26.6 Å². The number of pyridine rings is 1. The van der Waals surface area contributed by atoms with Gasteiger partial charge in [0.1, 0.15) is 5.82 Å². The Hall–Kier alpha value is -2.84. The van der Waals surface area contributed by atoms with Gasteiger partial charge in [0.25, 0.3) is 5.91 Å². The molecule has 31 heavy (non-hydrogen) atoms. The van der Waals surface area contributed by atoms with Crippen LogP contribution in [0.1, 0.15) is 35.7 Å². The van der Waals surface area contributed by atoms with Crippen molar-refractivity contribution in [2.75, 3.05) is 26.3 Å². The predicted octanol–water partition coefficient (Wildman–Crippen LogP) is 3.80. The van der Waals surface area contributed by atoms with Gasteiger partial charge in [0.05, 0.1) is 34.1 Å². The number of carbonyl (C=O) groups is 1. The lowest BCUT2D eigenvalue weighted by atomic mass is 10.0. The summed E-state index contributed by atoms with van der Waals surface area (Å²) in [6, 6.07) is 10.3. The number of fused-ring (bicyclic) bond motifs is 1. The fourth-order valence-corrected chi connectivity index (χ4v) is 5.28. The van der Waals surface area contributed by atoms with Gasteiger partial charge in [0.2, 0.25) is 9.84 Å². The lowest BCUT2D eigenvalue weighted by Gasteiger charge is -2.27. The highest BCUT2D eigenvalue weighted by Crippen LogP contribution is 2.32. The average molecular weight is 443 g/mol. The van der Waals surface area contributed by atoms with Crippen LogP contribution in [0.2, 0.25) is 0 Å².